The molecule has 0 saturated carbocycles. The maximum atomic E-state index is 14.4. The second-order valence-corrected chi connectivity index (χ2v) is 10.6. The van der Waals surface area contributed by atoms with Crippen LogP contribution in [0, 0.1) is 28.2 Å². The highest BCUT2D eigenvalue weighted by atomic mass is 127. The average molecular weight is 777 g/mol. The van der Waals surface area contributed by atoms with Crippen LogP contribution in [0.5, 0.6) is 0 Å². The Morgan fingerprint density at radius 3 is 2.47 bits per heavy atom. The van der Waals surface area contributed by atoms with Crippen molar-refractivity contribution < 1.29 is 18.0 Å². The molecule has 2 heterocycles. The molecule has 0 unspecified atom stereocenters. The van der Waals surface area contributed by atoms with Gasteiger partial charge in [0.15, 0.2) is 5.82 Å². The van der Waals surface area contributed by atoms with Gasteiger partial charge in [-0.05, 0) is 91.5 Å². The molecule has 32 heavy (non-hydrogen) atoms. The van der Waals surface area contributed by atoms with Crippen LogP contribution in [-0.4, -0.2) is 20.1 Å². The molecule has 0 bridgehead atoms. The van der Waals surface area contributed by atoms with Crippen molar-refractivity contribution in [2.45, 2.75) is 19.4 Å². The Hall–Kier alpha value is -1.23. The molecule has 11 heteroatoms. The molecular weight excluding hydrogens is 764 g/mol. The molecule has 4 rings (SSSR count). The number of hydrogen-bond acceptors (Lipinski definition) is 3. The van der Waals surface area contributed by atoms with Gasteiger partial charge in [-0.2, -0.15) is 5.10 Å². The van der Waals surface area contributed by atoms with Gasteiger partial charge in [-0.3, -0.25) is 14.3 Å². The van der Waals surface area contributed by atoms with Gasteiger partial charge in [0.2, 0.25) is 0 Å². The van der Waals surface area contributed by atoms with Crippen LogP contribution < -0.4 is 5.56 Å². The molecule has 0 N–H and O–H groups in total. The van der Waals surface area contributed by atoms with Crippen molar-refractivity contribution in [3.8, 4) is 0 Å². The van der Waals surface area contributed by atoms with Gasteiger partial charge in [0, 0.05) is 35.4 Å². The molecule has 0 amide bonds. The molecule has 0 atom stereocenters. The first-order valence-electron chi connectivity index (χ1n) is 9.27. The van der Waals surface area contributed by atoms with Gasteiger partial charge in [0.25, 0.3) is 5.56 Å². The first-order chi connectivity index (χ1) is 15.1. The number of carbonyl (C=O) groups is 1. The lowest BCUT2D eigenvalue weighted by atomic mass is 10.1. The summed E-state index contributed by atoms with van der Waals surface area (Å²) in [5.74, 6) is -2.21. The van der Waals surface area contributed by atoms with E-state index in [1.54, 1.807) is 63.0 Å². The predicted octanol–water partition coefficient (Wildman–Crippen LogP) is 5.32. The van der Waals surface area contributed by atoms with Crippen molar-refractivity contribution in [2.75, 3.05) is 0 Å². The highest BCUT2D eigenvalue weighted by molar-refractivity contribution is 14.1. The number of nitrogens with zero attached hydrogens (tertiary/aromatic N) is 3. The van der Waals surface area contributed by atoms with Crippen LogP contribution >= 0.6 is 67.8 Å². The molecule has 0 spiro atoms. The van der Waals surface area contributed by atoms with Crippen LogP contribution in [0.4, 0.5) is 13.2 Å². The van der Waals surface area contributed by atoms with Gasteiger partial charge >= 0.3 is 0 Å². The number of hydrogen-bond donors (Lipinski definition) is 0. The van der Waals surface area contributed by atoms with Crippen molar-refractivity contribution in [1.82, 2.24) is 14.3 Å². The summed E-state index contributed by atoms with van der Waals surface area (Å²) in [6.07, 6.45) is 1.15. The Morgan fingerprint density at radius 1 is 1.03 bits per heavy atom. The Bertz CT molecular complexity index is 1480. The zero-order valence-corrected chi connectivity index (χ0v) is 22.8. The Morgan fingerprint density at radius 2 is 1.75 bits per heavy atom. The molecule has 0 fully saturated rings. The normalized spacial score (nSPS) is 11.6. The van der Waals surface area contributed by atoms with E-state index in [1.165, 1.54) is 22.9 Å². The standard InChI is InChI=1S/C21H13F3I3N3O2/c1-29-20-11-6-14(25)13(22)7-16(11)30(21(32)12(20)8-28-29)3-2-10(31)4-9-5-15(26)18(24)19(27)17(9)23/h5-8H,2-4H2,1H3. The first kappa shape index (κ1) is 23.9. The minimum Gasteiger partial charge on any atom is -0.307 e. The lowest BCUT2D eigenvalue weighted by molar-refractivity contribution is -0.118. The van der Waals surface area contributed by atoms with Gasteiger partial charge in [-0.15, -0.1) is 0 Å². The summed E-state index contributed by atoms with van der Waals surface area (Å²) in [5.41, 5.74) is 0.661. The number of Topliss-reactive ketones (excluding diaryl/α,β-unsaturated/α-hetero) is 1. The van der Waals surface area contributed by atoms with Gasteiger partial charge < -0.3 is 4.57 Å². The molecule has 0 aliphatic heterocycles. The number of halogens is 6. The Kier molecular flexibility index (Phi) is 6.87. The average Bonchev–Trinajstić information content (AvgIpc) is 3.14. The Labute approximate surface area is 220 Å². The largest absolute Gasteiger partial charge is 0.307 e. The summed E-state index contributed by atoms with van der Waals surface area (Å²) in [4.78, 5) is 25.7. The number of carbonyl (C=O) groups excluding carboxylic acids is 1. The van der Waals surface area contributed by atoms with Crippen molar-refractivity contribution in [1.29, 1.82) is 0 Å². The summed E-state index contributed by atoms with van der Waals surface area (Å²) in [6.45, 7) is -0.00394. The quantitative estimate of drug-likeness (QED) is 0.157. The monoisotopic (exact) mass is 777 g/mol. The molecular formula is C21H13F3I3N3O2. The van der Waals surface area contributed by atoms with E-state index in [9.17, 15) is 22.8 Å². The molecule has 4 aromatic rings. The summed E-state index contributed by atoms with van der Waals surface area (Å²) in [6, 6.07) is 4.23. The minimum absolute atomic E-state index is 0.00394. The fourth-order valence-corrected chi connectivity index (χ4v) is 5.89. The Balaban J connectivity index is 1.71. The van der Waals surface area contributed by atoms with E-state index in [1.807, 2.05) is 22.6 Å². The van der Waals surface area contributed by atoms with E-state index in [2.05, 4.69) is 5.10 Å². The zero-order valence-electron chi connectivity index (χ0n) is 16.4. The minimum atomic E-state index is -0.757. The number of ketones is 1. The van der Waals surface area contributed by atoms with Gasteiger partial charge in [-0.1, -0.05) is 0 Å². The topological polar surface area (TPSA) is 56.9 Å². The molecule has 2 aromatic carbocycles. The van der Waals surface area contributed by atoms with E-state index in [0.29, 0.717) is 25.4 Å². The maximum Gasteiger partial charge on any atom is 0.262 e. The summed E-state index contributed by atoms with van der Waals surface area (Å²) in [7, 11) is 1.70. The summed E-state index contributed by atoms with van der Waals surface area (Å²) < 4.78 is 45.9. The number of benzene rings is 2. The van der Waals surface area contributed by atoms with Crippen LogP contribution in [-0.2, 0) is 24.8 Å². The first-order valence-corrected chi connectivity index (χ1v) is 12.5. The smallest absolute Gasteiger partial charge is 0.262 e. The number of pyridine rings is 1. The molecule has 0 radical (unpaired) electrons. The van der Waals surface area contributed by atoms with Crippen molar-refractivity contribution >= 4 is 95.4 Å². The third kappa shape index (κ3) is 4.19. The van der Waals surface area contributed by atoms with Crippen molar-refractivity contribution in [3.63, 3.8) is 0 Å². The van der Waals surface area contributed by atoms with Gasteiger partial charge in [0.1, 0.15) is 17.4 Å². The van der Waals surface area contributed by atoms with E-state index in [-0.39, 0.29) is 43.4 Å². The zero-order chi connectivity index (χ0) is 23.3. The second kappa shape index (κ2) is 9.19. The van der Waals surface area contributed by atoms with E-state index >= 15 is 0 Å². The van der Waals surface area contributed by atoms with Crippen molar-refractivity contribution in [2.24, 2.45) is 7.05 Å². The lowest BCUT2D eigenvalue weighted by Crippen LogP contribution is -2.23. The fraction of sp³-hybridized carbons (Fsp3) is 0.190. The fourth-order valence-electron chi connectivity index (χ4n) is 3.63. The summed E-state index contributed by atoms with van der Waals surface area (Å²) in [5, 5.41) is 5.16. The maximum absolute atomic E-state index is 14.4. The van der Waals surface area contributed by atoms with E-state index in [0.717, 1.165) is 0 Å². The van der Waals surface area contributed by atoms with Crippen LogP contribution in [0.2, 0.25) is 0 Å². The van der Waals surface area contributed by atoms with E-state index in [4.69, 9.17) is 0 Å². The van der Waals surface area contributed by atoms with Crippen LogP contribution in [0.3, 0.4) is 0 Å². The summed E-state index contributed by atoms with van der Waals surface area (Å²) >= 11 is 5.20. The highest BCUT2D eigenvalue weighted by Crippen LogP contribution is 2.27. The molecule has 0 aliphatic rings. The third-order valence-electron chi connectivity index (χ3n) is 5.18. The molecule has 0 saturated heterocycles. The van der Waals surface area contributed by atoms with Gasteiger partial charge in [0.05, 0.1) is 29.8 Å². The number of aromatic nitrogens is 3. The number of fused-ring (bicyclic) bond motifs is 3. The predicted molar refractivity (Wildman–Crippen MR) is 140 cm³/mol. The second-order valence-electron chi connectivity index (χ2n) is 7.20. The molecule has 0 aliphatic carbocycles. The van der Waals surface area contributed by atoms with Crippen molar-refractivity contribution in [3.05, 3.63) is 68.5 Å². The molecule has 5 nitrogen and oxygen atoms in total. The highest BCUT2D eigenvalue weighted by Gasteiger charge is 2.19. The number of rotatable bonds is 5. The third-order valence-corrected chi connectivity index (χ3v) is 7.74. The van der Waals surface area contributed by atoms with Crippen LogP contribution in [0.25, 0.3) is 21.8 Å². The van der Waals surface area contributed by atoms with Crippen LogP contribution in [0.1, 0.15) is 12.0 Å². The SMILES string of the molecule is Cn1ncc2c(=O)n(CCC(=O)Cc3cc(I)c(F)c(I)c3F)c3cc(F)c(I)cc3c21. The molecule has 166 valence electrons. The van der Waals surface area contributed by atoms with Crippen LogP contribution in [0.15, 0.2) is 29.2 Å². The number of aryl methyl sites for hydroxylation is 2. The van der Waals surface area contributed by atoms with Gasteiger partial charge in [-0.25, -0.2) is 13.2 Å². The lowest BCUT2D eigenvalue weighted by Gasteiger charge is -2.13. The molecule has 2 aromatic heterocycles. The van der Waals surface area contributed by atoms with E-state index < -0.39 is 17.5 Å².